The lowest BCUT2D eigenvalue weighted by Gasteiger charge is -2.10. The maximum atomic E-state index is 12.2. The number of aromatic nitrogens is 2. The number of hydrogen-bond donors (Lipinski definition) is 1. The number of amides is 1. The fraction of sp³-hybridized carbons (Fsp3) is 0.154. The van der Waals surface area contributed by atoms with Gasteiger partial charge in [-0.25, -0.2) is 9.97 Å². The smallest absolute Gasteiger partial charge is 0.277 e. The summed E-state index contributed by atoms with van der Waals surface area (Å²) in [5.74, 6) is -0.318. The van der Waals surface area contributed by atoms with E-state index < -0.39 is 27.1 Å². The minimum absolute atomic E-state index is 0.215. The Balaban J connectivity index is 2.28. The standard InChI is InChI=1S/C13H12N6O5/c1-17(2)13-14-6-9(7-15-13)16-12(20)8-3-10(18(21)22)5-11(4-8)19(23)24/h3-7H,1-2H3,(H,16,20). The molecule has 2 aromatic rings. The van der Waals surface area contributed by atoms with E-state index in [-0.39, 0.29) is 11.3 Å². The lowest BCUT2D eigenvalue weighted by atomic mass is 10.1. The van der Waals surface area contributed by atoms with Gasteiger partial charge in [0.2, 0.25) is 5.95 Å². The van der Waals surface area contributed by atoms with Crippen LogP contribution in [0.4, 0.5) is 23.0 Å². The first-order valence-electron chi connectivity index (χ1n) is 6.52. The first kappa shape index (κ1) is 16.7. The zero-order valence-electron chi connectivity index (χ0n) is 12.7. The Kier molecular flexibility index (Phi) is 4.63. The molecule has 0 radical (unpaired) electrons. The van der Waals surface area contributed by atoms with Crippen LogP contribution in [-0.4, -0.2) is 39.8 Å². The molecule has 124 valence electrons. The number of anilines is 2. The van der Waals surface area contributed by atoms with E-state index in [1.807, 2.05) is 0 Å². The Labute approximate surface area is 135 Å². The second kappa shape index (κ2) is 6.64. The molecule has 1 N–H and O–H groups in total. The Bertz CT molecular complexity index is 773. The summed E-state index contributed by atoms with van der Waals surface area (Å²) in [6, 6.07) is 2.69. The predicted octanol–water partition coefficient (Wildman–Crippen LogP) is 1.61. The molecule has 1 amide bonds. The highest BCUT2D eigenvalue weighted by Crippen LogP contribution is 2.23. The third-order valence-electron chi connectivity index (χ3n) is 2.88. The third kappa shape index (κ3) is 3.76. The molecule has 1 aromatic heterocycles. The molecule has 0 unspecified atom stereocenters. The summed E-state index contributed by atoms with van der Waals surface area (Å²) in [6.45, 7) is 0. The largest absolute Gasteiger partial charge is 0.347 e. The average molecular weight is 332 g/mol. The topological polar surface area (TPSA) is 144 Å². The minimum atomic E-state index is -0.807. The minimum Gasteiger partial charge on any atom is -0.347 e. The van der Waals surface area contributed by atoms with Crippen LogP contribution in [0.25, 0.3) is 0 Å². The molecule has 0 saturated carbocycles. The van der Waals surface area contributed by atoms with Crippen LogP contribution in [-0.2, 0) is 0 Å². The van der Waals surface area contributed by atoms with Gasteiger partial charge in [0.05, 0.1) is 39.6 Å². The number of nitro groups is 2. The van der Waals surface area contributed by atoms with Crippen LogP contribution >= 0.6 is 0 Å². The van der Waals surface area contributed by atoms with Crippen molar-refractivity contribution in [3.63, 3.8) is 0 Å². The van der Waals surface area contributed by atoms with Gasteiger partial charge in [0.25, 0.3) is 17.3 Å². The first-order chi connectivity index (χ1) is 11.3. The van der Waals surface area contributed by atoms with Gasteiger partial charge in [0, 0.05) is 26.2 Å². The summed E-state index contributed by atoms with van der Waals surface area (Å²) >= 11 is 0. The molecule has 2 rings (SSSR count). The first-order valence-corrected chi connectivity index (χ1v) is 6.52. The lowest BCUT2D eigenvalue weighted by molar-refractivity contribution is -0.394. The number of nitrogens with zero attached hydrogens (tertiary/aromatic N) is 5. The molecule has 1 heterocycles. The highest BCUT2D eigenvalue weighted by atomic mass is 16.6. The van der Waals surface area contributed by atoms with Crippen molar-refractivity contribution < 1.29 is 14.6 Å². The second-order valence-electron chi connectivity index (χ2n) is 4.87. The Morgan fingerprint density at radius 1 is 1.04 bits per heavy atom. The van der Waals surface area contributed by atoms with Crippen LogP contribution in [0, 0.1) is 20.2 Å². The van der Waals surface area contributed by atoms with Crippen molar-refractivity contribution in [1.82, 2.24) is 9.97 Å². The molecule has 11 nitrogen and oxygen atoms in total. The fourth-order valence-corrected chi connectivity index (χ4v) is 1.76. The number of benzene rings is 1. The SMILES string of the molecule is CN(C)c1ncc(NC(=O)c2cc([N+](=O)[O-])cc([N+](=O)[O-])c2)cn1. The van der Waals surface area contributed by atoms with Gasteiger partial charge in [-0.1, -0.05) is 0 Å². The summed E-state index contributed by atoms with van der Waals surface area (Å²) in [4.78, 5) is 41.9. The van der Waals surface area contributed by atoms with E-state index in [2.05, 4.69) is 15.3 Å². The van der Waals surface area contributed by atoms with Crippen LogP contribution in [0.5, 0.6) is 0 Å². The molecule has 0 spiro atoms. The van der Waals surface area contributed by atoms with Gasteiger partial charge >= 0.3 is 0 Å². The molecule has 0 aliphatic heterocycles. The number of non-ortho nitro benzene ring substituents is 2. The van der Waals surface area contributed by atoms with Crippen LogP contribution in [0.3, 0.4) is 0 Å². The van der Waals surface area contributed by atoms with Gasteiger partial charge in [-0.05, 0) is 0 Å². The van der Waals surface area contributed by atoms with E-state index in [0.717, 1.165) is 18.2 Å². The van der Waals surface area contributed by atoms with Crippen molar-refractivity contribution in [2.75, 3.05) is 24.3 Å². The monoisotopic (exact) mass is 332 g/mol. The molecule has 11 heteroatoms. The van der Waals surface area contributed by atoms with Crippen molar-refractivity contribution in [2.24, 2.45) is 0 Å². The highest BCUT2D eigenvalue weighted by molar-refractivity contribution is 6.05. The normalized spacial score (nSPS) is 10.1. The average Bonchev–Trinajstić information content (AvgIpc) is 2.54. The summed E-state index contributed by atoms with van der Waals surface area (Å²) in [7, 11) is 3.49. The second-order valence-corrected chi connectivity index (χ2v) is 4.87. The Hall–Kier alpha value is -3.63. The molecular formula is C13H12N6O5. The highest BCUT2D eigenvalue weighted by Gasteiger charge is 2.20. The van der Waals surface area contributed by atoms with Gasteiger partial charge in [-0.15, -0.1) is 0 Å². The third-order valence-corrected chi connectivity index (χ3v) is 2.88. The summed E-state index contributed by atoms with van der Waals surface area (Å²) in [5, 5.41) is 24.1. The number of hydrogen-bond acceptors (Lipinski definition) is 8. The zero-order chi connectivity index (χ0) is 17.9. The molecule has 0 saturated heterocycles. The van der Waals surface area contributed by atoms with Gasteiger partial charge in [0.1, 0.15) is 0 Å². The van der Waals surface area contributed by atoms with Crippen molar-refractivity contribution in [2.45, 2.75) is 0 Å². The number of carbonyl (C=O) groups excluding carboxylic acids is 1. The Morgan fingerprint density at radius 3 is 1.96 bits per heavy atom. The lowest BCUT2D eigenvalue weighted by Crippen LogP contribution is -2.15. The van der Waals surface area contributed by atoms with E-state index >= 15 is 0 Å². The van der Waals surface area contributed by atoms with Crippen molar-refractivity contribution in [3.05, 3.63) is 56.4 Å². The van der Waals surface area contributed by atoms with Crippen molar-refractivity contribution >= 4 is 28.9 Å². The van der Waals surface area contributed by atoms with E-state index in [1.54, 1.807) is 19.0 Å². The van der Waals surface area contributed by atoms with Crippen molar-refractivity contribution in [3.8, 4) is 0 Å². The molecule has 24 heavy (non-hydrogen) atoms. The number of nitrogens with one attached hydrogen (secondary N) is 1. The zero-order valence-corrected chi connectivity index (χ0v) is 12.7. The van der Waals surface area contributed by atoms with Gasteiger partial charge in [0.15, 0.2) is 0 Å². The number of rotatable bonds is 5. The van der Waals surface area contributed by atoms with E-state index in [0.29, 0.717) is 5.95 Å². The molecule has 0 bridgehead atoms. The van der Waals surface area contributed by atoms with Gasteiger partial charge < -0.3 is 10.2 Å². The van der Waals surface area contributed by atoms with Crippen LogP contribution in [0.2, 0.25) is 0 Å². The molecule has 0 aliphatic rings. The predicted molar refractivity (Wildman–Crippen MR) is 84.1 cm³/mol. The molecular weight excluding hydrogens is 320 g/mol. The molecule has 1 aromatic carbocycles. The van der Waals surface area contributed by atoms with Crippen molar-refractivity contribution in [1.29, 1.82) is 0 Å². The molecule has 0 atom stereocenters. The Morgan fingerprint density at radius 2 is 1.54 bits per heavy atom. The van der Waals surface area contributed by atoms with Crippen LogP contribution < -0.4 is 10.2 Å². The summed E-state index contributed by atoms with van der Waals surface area (Å²) in [5.41, 5.74) is -1.06. The summed E-state index contributed by atoms with van der Waals surface area (Å²) in [6.07, 6.45) is 2.71. The maximum Gasteiger partial charge on any atom is 0.277 e. The van der Waals surface area contributed by atoms with Gasteiger partial charge in [-0.3, -0.25) is 25.0 Å². The van der Waals surface area contributed by atoms with Crippen LogP contribution in [0.15, 0.2) is 30.6 Å². The van der Waals surface area contributed by atoms with E-state index in [4.69, 9.17) is 0 Å². The maximum absolute atomic E-state index is 12.2. The molecule has 0 fully saturated rings. The molecule has 0 aliphatic carbocycles. The fourth-order valence-electron chi connectivity index (χ4n) is 1.76. The van der Waals surface area contributed by atoms with Gasteiger partial charge in [-0.2, -0.15) is 0 Å². The van der Waals surface area contributed by atoms with Crippen LogP contribution in [0.1, 0.15) is 10.4 Å². The van der Waals surface area contributed by atoms with E-state index in [9.17, 15) is 25.0 Å². The van der Waals surface area contributed by atoms with E-state index in [1.165, 1.54) is 12.4 Å². The summed E-state index contributed by atoms with van der Waals surface area (Å²) < 4.78 is 0. The number of carbonyl (C=O) groups is 1. The quantitative estimate of drug-likeness (QED) is 0.642. The number of nitro benzene ring substituents is 2.